The lowest BCUT2D eigenvalue weighted by molar-refractivity contribution is 0.0940. The zero-order valence-electron chi connectivity index (χ0n) is 17.4. The number of nitrogens with zero attached hydrogens (tertiary/aromatic N) is 1. The van der Waals surface area contributed by atoms with Gasteiger partial charge in [-0.15, -0.1) is 4.83 Å². The third kappa shape index (κ3) is 4.78. The van der Waals surface area contributed by atoms with Gasteiger partial charge in [0.15, 0.2) is 0 Å². The van der Waals surface area contributed by atoms with Crippen molar-refractivity contribution in [2.45, 2.75) is 44.6 Å². The van der Waals surface area contributed by atoms with Gasteiger partial charge in [-0.3, -0.25) is 15.0 Å². The number of para-hydroxylation sites is 1. The molecule has 0 atom stereocenters. The van der Waals surface area contributed by atoms with Crippen LogP contribution in [0.5, 0.6) is 5.75 Å². The van der Waals surface area contributed by atoms with E-state index in [1.807, 2.05) is 24.1 Å². The lowest BCUT2D eigenvalue weighted by Gasteiger charge is -2.15. The van der Waals surface area contributed by atoms with Crippen molar-refractivity contribution in [2.24, 2.45) is 0 Å². The molecular formula is C22H25N3O5S. The van der Waals surface area contributed by atoms with Gasteiger partial charge in [0.1, 0.15) is 11.3 Å². The van der Waals surface area contributed by atoms with Crippen LogP contribution in [0.25, 0.3) is 10.9 Å². The monoisotopic (exact) mass is 443 g/mol. The number of hydrogen-bond donors (Lipinski definition) is 3. The fraction of sp³-hybridized carbons (Fsp3) is 0.273. The number of sulfonamides is 1. The van der Waals surface area contributed by atoms with Gasteiger partial charge in [0.25, 0.3) is 21.5 Å². The van der Waals surface area contributed by atoms with E-state index in [2.05, 4.69) is 0 Å². The van der Waals surface area contributed by atoms with Crippen LogP contribution in [-0.2, 0) is 16.6 Å². The molecule has 1 amide bonds. The highest BCUT2D eigenvalue weighted by Crippen LogP contribution is 2.26. The van der Waals surface area contributed by atoms with Gasteiger partial charge >= 0.3 is 0 Å². The predicted octanol–water partition coefficient (Wildman–Crippen LogP) is 2.83. The quantitative estimate of drug-likeness (QED) is 0.366. The van der Waals surface area contributed by atoms with E-state index in [9.17, 15) is 23.1 Å². The molecule has 3 N–H and O–H groups in total. The van der Waals surface area contributed by atoms with Gasteiger partial charge in [0.05, 0.1) is 10.4 Å². The maximum Gasteiger partial charge on any atom is 0.275 e. The van der Waals surface area contributed by atoms with Gasteiger partial charge < -0.3 is 9.67 Å². The van der Waals surface area contributed by atoms with Crippen LogP contribution in [0.4, 0.5) is 0 Å². The Balaban J connectivity index is 1.95. The predicted molar refractivity (Wildman–Crippen MR) is 118 cm³/mol. The molecular weight excluding hydrogens is 418 g/mol. The Morgan fingerprint density at radius 2 is 1.74 bits per heavy atom. The Morgan fingerprint density at radius 1 is 1.06 bits per heavy atom. The second-order valence-corrected chi connectivity index (χ2v) is 8.96. The second-order valence-electron chi connectivity index (χ2n) is 7.28. The summed E-state index contributed by atoms with van der Waals surface area (Å²) >= 11 is 0. The average molecular weight is 444 g/mol. The second kappa shape index (κ2) is 9.32. The fourth-order valence-electron chi connectivity index (χ4n) is 3.29. The van der Waals surface area contributed by atoms with Gasteiger partial charge in [-0.1, -0.05) is 49.6 Å². The summed E-state index contributed by atoms with van der Waals surface area (Å²) in [4.78, 5) is 27.7. The highest BCUT2D eigenvalue weighted by molar-refractivity contribution is 7.89. The molecule has 3 aromatic rings. The number of pyridine rings is 1. The molecule has 0 aliphatic heterocycles. The van der Waals surface area contributed by atoms with Crippen LogP contribution in [0.15, 0.2) is 58.2 Å². The molecule has 0 aliphatic carbocycles. The maximum atomic E-state index is 13.0. The minimum absolute atomic E-state index is 0.0434. The smallest absolute Gasteiger partial charge is 0.275 e. The molecule has 0 saturated heterocycles. The summed E-state index contributed by atoms with van der Waals surface area (Å²) in [6.07, 6.45) is 2.59. The van der Waals surface area contributed by atoms with Crippen molar-refractivity contribution in [3.63, 3.8) is 0 Å². The average Bonchev–Trinajstić information content (AvgIpc) is 2.75. The highest BCUT2D eigenvalue weighted by atomic mass is 32.2. The molecule has 0 aliphatic rings. The van der Waals surface area contributed by atoms with Gasteiger partial charge in [-0.2, -0.15) is 0 Å². The summed E-state index contributed by atoms with van der Waals surface area (Å²) in [7, 11) is -4.05. The van der Waals surface area contributed by atoms with E-state index in [-0.39, 0.29) is 4.90 Å². The van der Waals surface area contributed by atoms with E-state index in [1.54, 1.807) is 36.4 Å². The standard InChI is InChI=1S/C22H25N3O5S/c1-3-4-7-14-25-18-9-6-5-8-17(18)20(26)19(22(25)28)21(27)23-24-31(29,30)16-12-10-15(2)11-13-16/h5-6,8-13,24,26H,3-4,7,14H2,1-2H3,(H,23,27). The number of hydrogen-bond acceptors (Lipinski definition) is 5. The molecule has 0 saturated carbocycles. The van der Waals surface area contributed by atoms with E-state index in [0.717, 1.165) is 24.8 Å². The summed E-state index contributed by atoms with van der Waals surface area (Å²) in [5.41, 5.74) is 2.24. The van der Waals surface area contributed by atoms with Crippen molar-refractivity contribution < 1.29 is 18.3 Å². The summed E-state index contributed by atoms with van der Waals surface area (Å²) < 4.78 is 26.3. The third-order valence-electron chi connectivity index (χ3n) is 4.99. The third-order valence-corrected chi connectivity index (χ3v) is 6.25. The van der Waals surface area contributed by atoms with Gasteiger partial charge in [0, 0.05) is 11.9 Å². The molecule has 1 heterocycles. The van der Waals surface area contributed by atoms with Crippen LogP contribution in [0.1, 0.15) is 42.1 Å². The Morgan fingerprint density at radius 3 is 2.42 bits per heavy atom. The summed E-state index contributed by atoms with van der Waals surface area (Å²) in [5.74, 6) is -1.52. The van der Waals surface area contributed by atoms with Crippen molar-refractivity contribution in [1.29, 1.82) is 0 Å². The number of carbonyl (C=O) groups excluding carboxylic acids is 1. The van der Waals surface area contributed by atoms with Crippen LogP contribution in [0, 0.1) is 6.92 Å². The molecule has 0 radical (unpaired) electrons. The van der Waals surface area contributed by atoms with Crippen molar-refractivity contribution in [3.8, 4) is 5.75 Å². The zero-order valence-corrected chi connectivity index (χ0v) is 18.2. The Bertz CT molecular complexity index is 1260. The van der Waals surface area contributed by atoms with E-state index < -0.39 is 32.8 Å². The number of hydrazine groups is 1. The van der Waals surface area contributed by atoms with Crippen molar-refractivity contribution in [1.82, 2.24) is 14.8 Å². The first-order valence-corrected chi connectivity index (χ1v) is 11.5. The molecule has 1 aromatic heterocycles. The SMILES string of the molecule is CCCCCn1c(=O)c(C(=O)NNS(=O)(=O)c2ccc(C)cc2)c(O)c2ccccc21. The van der Waals surface area contributed by atoms with Crippen molar-refractivity contribution in [2.75, 3.05) is 0 Å². The van der Waals surface area contributed by atoms with E-state index >= 15 is 0 Å². The summed E-state index contributed by atoms with van der Waals surface area (Å²) in [6.45, 7) is 4.24. The van der Waals surface area contributed by atoms with Gasteiger partial charge in [0.2, 0.25) is 0 Å². The summed E-state index contributed by atoms with van der Waals surface area (Å²) in [6, 6.07) is 12.8. The Kier molecular flexibility index (Phi) is 6.77. The number of benzene rings is 2. The maximum absolute atomic E-state index is 13.0. The first-order chi connectivity index (χ1) is 14.8. The van der Waals surface area contributed by atoms with Crippen molar-refractivity contribution in [3.05, 3.63) is 70.0 Å². The lowest BCUT2D eigenvalue weighted by Crippen LogP contribution is -2.44. The number of aryl methyl sites for hydroxylation is 2. The minimum atomic E-state index is -4.05. The Hall–Kier alpha value is -3.17. The van der Waals surface area contributed by atoms with Gasteiger partial charge in [-0.05, 0) is 37.6 Å². The topological polar surface area (TPSA) is 118 Å². The van der Waals surface area contributed by atoms with Crippen molar-refractivity contribution >= 4 is 26.8 Å². The molecule has 8 nitrogen and oxygen atoms in total. The van der Waals surface area contributed by atoms with E-state index in [4.69, 9.17) is 0 Å². The normalized spacial score (nSPS) is 11.5. The van der Waals surface area contributed by atoms with Crippen LogP contribution in [0.3, 0.4) is 0 Å². The number of unbranched alkanes of at least 4 members (excludes halogenated alkanes) is 2. The van der Waals surface area contributed by atoms with Crippen LogP contribution < -0.4 is 15.8 Å². The molecule has 2 aromatic carbocycles. The zero-order chi connectivity index (χ0) is 22.6. The highest BCUT2D eigenvalue weighted by Gasteiger charge is 2.23. The number of amides is 1. The number of nitrogens with one attached hydrogen (secondary N) is 2. The number of aromatic hydroxyl groups is 1. The van der Waals surface area contributed by atoms with Crippen LogP contribution in [0.2, 0.25) is 0 Å². The van der Waals surface area contributed by atoms with E-state index in [1.165, 1.54) is 16.7 Å². The first kappa shape index (κ1) is 22.5. The fourth-order valence-corrected chi connectivity index (χ4v) is 4.13. The molecule has 0 fully saturated rings. The first-order valence-electron chi connectivity index (χ1n) is 9.99. The largest absolute Gasteiger partial charge is 0.506 e. The molecule has 9 heteroatoms. The molecule has 3 rings (SSSR count). The van der Waals surface area contributed by atoms with Gasteiger partial charge in [-0.25, -0.2) is 8.42 Å². The number of fused-ring (bicyclic) bond motifs is 1. The van der Waals surface area contributed by atoms with E-state index in [0.29, 0.717) is 17.4 Å². The number of rotatable bonds is 8. The molecule has 0 spiro atoms. The summed E-state index contributed by atoms with van der Waals surface area (Å²) in [5, 5.41) is 11.0. The molecule has 0 unspecified atom stereocenters. The lowest BCUT2D eigenvalue weighted by atomic mass is 10.1. The number of aromatic nitrogens is 1. The Labute approximate surface area is 180 Å². The molecule has 164 valence electrons. The molecule has 0 bridgehead atoms. The van der Waals surface area contributed by atoms with Crippen LogP contribution in [-0.4, -0.2) is 24.0 Å². The minimum Gasteiger partial charge on any atom is -0.506 e. The van der Waals surface area contributed by atoms with Crippen LogP contribution >= 0.6 is 0 Å². The molecule has 31 heavy (non-hydrogen) atoms. The number of carbonyl (C=O) groups is 1.